The third-order valence-corrected chi connectivity index (χ3v) is 5.21. The van der Waals surface area contributed by atoms with Gasteiger partial charge in [0.1, 0.15) is 5.82 Å². The highest BCUT2D eigenvalue weighted by atomic mass is 16.1. The summed E-state index contributed by atoms with van der Waals surface area (Å²) in [7, 11) is 0. The third-order valence-electron chi connectivity index (χ3n) is 5.21. The minimum Gasteiger partial charge on any atom is -0.357 e. The molecule has 1 amide bonds. The zero-order chi connectivity index (χ0) is 17.8. The number of amides is 1. The number of hydrogen-bond acceptors (Lipinski definition) is 5. The number of carbonyl (C=O) groups is 1. The smallest absolute Gasteiger partial charge is 0.272 e. The molecule has 0 aliphatic carbocycles. The maximum Gasteiger partial charge on any atom is 0.272 e. The van der Waals surface area contributed by atoms with Crippen LogP contribution in [0.1, 0.15) is 53.0 Å². The fourth-order valence-corrected chi connectivity index (χ4v) is 3.69. The number of rotatable bonds is 4. The largest absolute Gasteiger partial charge is 0.357 e. The van der Waals surface area contributed by atoms with E-state index in [1.165, 1.54) is 25.7 Å². The number of aromatic nitrogens is 3. The molecule has 0 atom stereocenters. The normalized spacial score (nSPS) is 17.5. The van der Waals surface area contributed by atoms with Crippen LogP contribution in [0.2, 0.25) is 0 Å². The highest BCUT2D eigenvalue weighted by molar-refractivity contribution is 5.94. The maximum atomic E-state index is 12.5. The SMILES string of the molecule is O=C(NCc1ccc(N2CCCCCC2)nc1)c1n[nH]c2c1CNCC2. The summed E-state index contributed by atoms with van der Waals surface area (Å²) in [5, 5.41) is 13.4. The molecule has 4 heterocycles. The summed E-state index contributed by atoms with van der Waals surface area (Å²) < 4.78 is 0. The van der Waals surface area contributed by atoms with Crippen molar-refractivity contribution in [2.24, 2.45) is 0 Å². The zero-order valence-corrected chi connectivity index (χ0v) is 15.1. The lowest BCUT2D eigenvalue weighted by Crippen LogP contribution is -2.28. The standard InChI is InChI=1S/C19H26N6O/c26-19(18-15-13-20-8-7-16(15)23-24-18)22-12-14-5-6-17(21-11-14)25-9-3-1-2-4-10-25/h5-6,11,20H,1-4,7-10,12-13H2,(H,22,26)(H,23,24). The highest BCUT2D eigenvalue weighted by Gasteiger charge is 2.21. The van der Waals surface area contributed by atoms with Crippen LogP contribution in [0.5, 0.6) is 0 Å². The number of nitrogens with one attached hydrogen (secondary N) is 3. The molecular weight excluding hydrogens is 328 g/mol. The predicted octanol–water partition coefficient (Wildman–Crippen LogP) is 1.76. The lowest BCUT2D eigenvalue weighted by Gasteiger charge is -2.21. The Labute approximate surface area is 153 Å². The van der Waals surface area contributed by atoms with Crippen LogP contribution in [0.3, 0.4) is 0 Å². The molecule has 0 saturated carbocycles. The molecule has 2 aliphatic heterocycles. The van der Waals surface area contributed by atoms with E-state index < -0.39 is 0 Å². The topological polar surface area (TPSA) is 85.9 Å². The van der Waals surface area contributed by atoms with Crippen molar-refractivity contribution in [2.45, 2.75) is 45.2 Å². The molecule has 0 spiro atoms. The number of nitrogens with zero attached hydrogens (tertiary/aromatic N) is 3. The summed E-state index contributed by atoms with van der Waals surface area (Å²) in [4.78, 5) is 19.4. The van der Waals surface area contributed by atoms with Gasteiger partial charge in [-0.15, -0.1) is 0 Å². The van der Waals surface area contributed by atoms with E-state index in [1.54, 1.807) is 0 Å². The first-order valence-electron chi connectivity index (χ1n) is 9.56. The van der Waals surface area contributed by atoms with Crippen molar-refractivity contribution in [3.63, 3.8) is 0 Å². The minimum absolute atomic E-state index is 0.136. The minimum atomic E-state index is -0.136. The van der Waals surface area contributed by atoms with Gasteiger partial charge in [0.25, 0.3) is 5.91 Å². The van der Waals surface area contributed by atoms with Crippen LogP contribution in [0.25, 0.3) is 0 Å². The third kappa shape index (κ3) is 3.72. The van der Waals surface area contributed by atoms with Gasteiger partial charge in [0.15, 0.2) is 5.69 Å². The average Bonchev–Trinajstić information content (AvgIpc) is 2.93. The fraction of sp³-hybridized carbons (Fsp3) is 0.526. The Morgan fingerprint density at radius 3 is 2.81 bits per heavy atom. The second-order valence-corrected chi connectivity index (χ2v) is 7.06. The van der Waals surface area contributed by atoms with Crippen molar-refractivity contribution in [1.82, 2.24) is 25.8 Å². The van der Waals surface area contributed by atoms with Gasteiger partial charge in [0.05, 0.1) is 0 Å². The molecule has 1 fully saturated rings. The van der Waals surface area contributed by atoms with Crippen LogP contribution in [0.4, 0.5) is 5.82 Å². The molecule has 0 aromatic carbocycles. The lowest BCUT2D eigenvalue weighted by atomic mass is 10.1. The molecular formula is C19H26N6O. The second-order valence-electron chi connectivity index (χ2n) is 7.06. The molecule has 26 heavy (non-hydrogen) atoms. The van der Waals surface area contributed by atoms with Crippen molar-refractivity contribution in [2.75, 3.05) is 24.5 Å². The number of carbonyl (C=O) groups excluding carboxylic acids is 1. The monoisotopic (exact) mass is 354 g/mol. The molecule has 0 bridgehead atoms. The Hall–Kier alpha value is -2.41. The quantitative estimate of drug-likeness (QED) is 0.779. The highest BCUT2D eigenvalue weighted by Crippen LogP contribution is 2.18. The first kappa shape index (κ1) is 17.0. The second kappa shape index (κ2) is 7.86. The van der Waals surface area contributed by atoms with Crippen molar-refractivity contribution < 1.29 is 4.79 Å². The molecule has 138 valence electrons. The molecule has 2 aromatic rings. The fourth-order valence-electron chi connectivity index (χ4n) is 3.69. The van der Waals surface area contributed by atoms with E-state index in [1.807, 2.05) is 6.20 Å². The summed E-state index contributed by atoms with van der Waals surface area (Å²) in [6, 6.07) is 4.11. The molecule has 0 unspecified atom stereocenters. The van der Waals surface area contributed by atoms with E-state index in [0.29, 0.717) is 18.8 Å². The van der Waals surface area contributed by atoms with Crippen molar-refractivity contribution in [3.8, 4) is 0 Å². The summed E-state index contributed by atoms with van der Waals surface area (Å²) >= 11 is 0. The number of anilines is 1. The molecule has 0 radical (unpaired) electrons. The Kier molecular flexibility index (Phi) is 5.15. The van der Waals surface area contributed by atoms with Crippen LogP contribution >= 0.6 is 0 Å². The van der Waals surface area contributed by atoms with E-state index >= 15 is 0 Å². The first-order chi connectivity index (χ1) is 12.8. The van der Waals surface area contributed by atoms with Gasteiger partial charge in [-0.3, -0.25) is 9.89 Å². The number of aromatic amines is 1. The van der Waals surface area contributed by atoms with Gasteiger partial charge in [-0.2, -0.15) is 5.10 Å². The van der Waals surface area contributed by atoms with Gasteiger partial charge in [0.2, 0.25) is 0 Å². The number of pyridine rings is 1. The van der Waals surface area contributed by atoms with Crippen LogP contribution in [-0.2, 0) is 19.5 Å². The van der Waals surface area contributed by atoms with E-state index in [2.05, 4.69) is 42.8 Å². The molecule has 2 aromatic heterocycles. The summed E-state index contributed by atoms with van der Waals surface area (Å²) in [6.07, 6.45) is 7.85. The number of H-pyrrole nitrogens is 1. The molecule has 2 aliphatic rings. The van der Waals surface area contributed by atoms with Crippen LogP contribution in [-0.4, -0.2) is 40.7 Å². The van der Waals surface area contributed by atoms with Gasteiger partial charge >= 0.3 is 0 Å². The Balaban J connectivity index is 1.35. The number of hydrogen-bond donors (Lipinski definition) is 3. The number of fused-ring (bicyclic) bond motifs is 1. The van der Waals surface area contributed by atoms with E-state index in [9.17, 15) is 4.79 Å². The van der Waals surface area contributed by atoms with Crippen molar-refractivity contribution in [1.29, 1.82) is 0 Å². The first-order valence-corrected chi connectivity index (χ1v) is 9.56. The van der Waals surface area contributed by atoms with Gasteiger partial charge < -0.3 is 15.5 Å². The Morgan fingerprint density at radius 2 is 2.04 bits per heavy atom. The summed E-state index contributed by atoms with van der Waals surface area (Å²) in [6.45, 7) is 4.25. The van der Waals surface area contributed by atoms with Crippen LogP contribution in [0.15, 0.2) is 18.3 Å². The van der Waals surface area contributed by atoms with Crippen molar-refractivity contribution in [3.05, 3.63) is 40.8 Å². The van der Waals surface area contributed by atoms with E-state index in [-0.39, 0.29) is 5.91 Å². The van der Waals surface area contributed by atoms with Crippen molar-refractivity contribution >= 4 is 11.7 Å². The summed E-state index contributed by atoms with van der Waals surface area (Å²) in [5.41, 5.74) is 3.56. The lowest BCUT2D eigenvalue weighted by molar-refractivity contribution is 0.0944. The van der Waals surface area contributed by atoms with Gasteiger partial charge in [-0.1, -0.05) is 18.9 Å². The van der Waals surface area contributed by atoms with E-state index in [4.69, 9.17) is 0 Å². The molecule has 7 heteroatoms. The average molecular weight is 354 g/mol. The van der Waals surface area contributed by atoms with Gasteiger partial charge in [-0.05, 0) is 24.5 Å². The maximum absolute atomic E-state index is 12.5. The zero-order valence-electron chi connectivity index (χ0n) is 15.1. The molecule has 7 nitrogen and oxygen atoms in total. The predicted molar refractivity (Wildman–Crippen MR) is 100 cm³/mol. The van der Waals surface area contributed by atoms with E-state index in [0.717, 1.165) is 48.7 Å². The van der Waals surface area contributed by atoms with Crippen LogP contribution in [0, 0.1) is 0 Å². The Morgan fingerprint density at radius 1 is 1.19 bits per heavy atom. The van der Waals surface area contributed by atoms with Gasteiger partial charge in [0, 0.05) is 56.6 Å². The molecule has 1 saturated heterocycles. The molecule has 4 rings (SSSR count). The Bertz CT molecular complexity index is 746. The van der Waals surface area contributed by atoms with Gasteiger partial charge in [-0.25, -0.2) is 4.98 Å². The van der Waals surface area contributed by atoms with Crippen LogP contribution < -0.4 is 15.5 Å². The summed E-state index contributed by atoms with van der Waals surface area (Å²) in [5.74, 6) is 0.900. The molecule has 3 N–H and O–H groups in total.